The molecule has 2 atom stereocenters. The van der Waals surface area contributed by atoms with E-state index >= 15 is 0 Å². The molecule has 0 radical (unpaired) electrons. The van der Waals surface area contributed by atoms with Gasteiger partial charge in [0.1, 0.15) is 11.4 Å². The predicted molar refractivity (Wildman–Crippen MR) is 111 cm³/mol. The summed E-state index contributed by atoms with van der Waals surface area (Å²) in [6, 6.07) is 3.58. The highest BCUT2D eigenvalue weighted by Crippen LogP contribution is 2.35. The topological polar surface area (TPSA) is 128 Å². The number of carboxylic acid groups (broad SMARTS) is 1. The fourth-order valence-corrected chi connectivity index (χ4v) is 3.35. The van der Waals surface area contributed by atoms with Crippen molar-refractivity contribution in [3.05, 3.63) is 23.5 Å². The molecule has 3 rings (SSSR count). The second kappa shape index (κ2) is 9.76. The van der Waals surface area contributed by atoms with Crippen molar-refractivity contribution in [2.45, 2.75) is 40.2 Å². The SMILES string of the molecule is Cc1nc(-c2nnn(C)c2CNC(=O)OCC(C)C)ccc1OC[C@@H]1CC[C@H]1C(=O)O. The number of aliphatic carboxylic acids is 1. The molecule has 0 aromatic carbocycles. The van der Waals surface area contributed by atoms with Crippen LogP contribution in [0.3, 0.4) is 0 Å². The second-order valence-electron chi connectivity index (χ2n) is 8.23. The average molecular weight is 431 g/mol. The monoisotopic (exact) mass is 431 g/mol. The van der Waals surface area contributed by atoms with Gasteiger partial charge in [-0.05, 0) is 37.8 Å². The number of alkyl carbamates (subject to hydrolysis) is 1. The van der Waals surface area contributed by atoms with E-state index in [4.69, 9.17) is 14.6 Å². The summed E-state index contributed by atoms with van der Waals surface area (Å²) in [7, 11) is 1.74. The van der Waals surface area contributed by atoms with Crippen LogP contribution in [0.4, 0.5) is 4.79 Å². The molecule has 31 heavy (non-hydrogen) atoms. The Bertz CT molecular complexity index is 942. The minimum atomic E-state index is -0.762. The van der Waals surface area contributed by atoms with E-state index in [2.05, 4.69) is 20.6 Å². The highest BCUT2D eigenvalue weighted by Gasteiger charge is 2.37. The molecule has 0 bridgehead atoms. The summed E-state index contributed by atoms with van der Waals surface area (Å²) in [6.45, 7) is 6.66. The zero-order chi connectivity index (χ0) is 22.5. The quantitative estimate of drug-likeness (QED) is 0.620. The third-order valence-corrected chi connectivity index (χ3v) is 5.36. The number of carbonyl (C=O) groups excluding carboxylic acids is 1. The Labute approximate surface area is 181 Å². The minimum Gasteiger partial charge on any atom is -0.491 e. The largest absolute Gasteiger partial charge is 0.491 e. The van der Waals surface area contributed by atoms with Gasteiger partial charge in [0, 0.05) is 13.0 Å². The van der Waals surface area contributed by atoms with E-state index in [1.807, 2.05) is 20.8 Å². The van der Waals surface area contributed by atoms with Gasteiger partial charge in [0.2, 0.25) is 0 Å². The normalized spacial score (nSPS) is 17.8. The number of rotatable bonds is 9. The Kier molecular flexibility index (Phi) is 7.09. The summed E-state index contributed by atoms with van der Waals surface area (Å²) in [4.78, 5) is 27.6. The first-order chi connectivity index (χ1) is 14.8. The average Bonchev–Trinajstić information content (AvgIpc) is 3.05. The summed E-state index contributed by atoms with van der Waals surface area (Å²) < 4.78 is 12.6. The van der Waals surface area contributed by atoms with Gasteiger partial charge in [-0.3, -0.25) is 4.79 Å². The summed E-state index contributed by atoms with van der Waals surface area (Å²) >= 11 is 0. The lowest BCUT2D eigenvalue weighted by Crippen LogP contribution is -2.36. The number of nitrogens with one attached hydrogen (secondary N) is 1. The van der Waals surface area contributed by atoms with Gasteiger partial charge in [0.15, 0.2) is 0 Å². The van der Waals surface area contributed by atoms with Gasteiger partial charge in [0.25, 0.3) is 0 Å². The van der Waals surface area contributed by atoms with Crippen molar-refractivity contribution >= 4 is 12.1 Å². The summed E-state index contributed by atoms with van der Waals surface area (Å²) in [5.74, 6) is -0.187. The van der Waals surface area contributed by atoms with Gasteiger partial charge < -0.3 is 19.9 Å². The van der Waals surface area contributed by atoms with E-state index in [0.29, 0.717) is 48.2 Å². The number of aryl methyl sites for hydroxylation is 2. The predicted octanol–water partition coefficient (Wildman–Crippen LogP) is 2.56. The van der Waals surface area contributed by atoms with E-state index < -0.39 is 12.1 Å². The number of pyridine rings is 1. The van der Waals surface area contributed by atoms with Crippen LogP contribution in [0.5, 0.6) is 5.75 Å². The Morgan fingerprint density at radius 3 is 2.71 bits per heavy atom. The summed E-state index contributed by atoms with van der Waals surface area (Å²) in [6.07, 6.45) is 1.06. The van der Waals surface area contributed by atoms with Gasteiger partial charge in [0.05, 0.1) is 42.8 Å². The highest BCUT2D eigenvalue weighted by molar-refractivity contribution is 5.71. The summed E-state index contributed by atoms with van der Waals surface area (Å²) in [5, 5.41) is 20.1. The molecule has 2 aromatic heterocycles. The maximum absolute atomic E-state index is 11.9. The van der Waals surface area contributed by atoms with Crippen molar-refractivity contribution in [3.63, 3.8) is 0 Å². The lowest BCUT2D eigenvalue weighted by molar-refractivity contribution is -0.148. The van der Waals surface area contributed by atoms with Crippen LogP contribution >= 0.6 is 0 Å². The lowest BCUT2D eigenvalue weighted by Gasteiger charge is -2.33. The van der Waals surface area contributed by atoms with Gasteiger partial charge in [-0.25, -0.2) is 14.5 Å². The fourth-order valence-electron chi connectivity index (χ4n) is 3.35. The first-order valence-electron chi connectivity index (χ1n) is 10.4. The van der Waals surface area contributed by atoms with E-state index in [9.17, 15) is 9.59 Å². The molecule has 2 heterocycles. The molecule has 1 aliphatic rings. The fraction of sp³-hybridized carbons (Fsp3) is 0.571. The van der Waals surface area contributed by atoms with Crippen molar-refractivity contribution in [1.82, 2.24) is 25.3 Å². The molecule has 0 unspecified atom stereocenters. The highest BCUT2D eigenvalue weighted by atomic mass is 16.5. The van der Waals surface area contributed by atoms with Crippen LogP contribution < -0.4 is 10.1 Å². The van der Waals surface area contributed by atoms with Gasteiger partial charge in [-0.15, -0.1) is 5.10 Å². The number of amides is 1. The molecule has 2 aromatic rings. The van der Waals surface area contributed by atoms with Crippen LogP contribution in [-0.4, -0.2) is 50.4 Å². The van der Waals surface area contributed by atoms with Crippen molar-refractivity contribution in [2.75, 3.05) is 13.2 Å². The standard InChI is InChI=1S/C21H29N5O5/c1-12(2)10-31-21(29)22-9-17-19(24-25-26(17)4)16-7-8-18(13(3)23-16)30-11-14-5-6-15(14)20(27)28/h7-8,12,14-15H,5-6,9-11H2,1-4H3,(H,22,29)(H,27,28)/t14-,15+/m0/s1. The van der Waals surface area contributed by atoms with Crippen LogP contribution in [0.25, 0.3) is 11.4 Å². The third kappa shape index (κ3) is 5.50. The Morgan fingerprint density at radius 1 is 1.32 bits per heavy atom. The number of hydrogen-bond donors (Lipinski definition) is 2. The minimum absolute atomic E-state index is 0.0321. The molecule has 2 N–H and O–H groups in total. The van der Waals surface area contributed by atoms with Crippen LogP contribution in [0.15, 0.2) is 12.1 Å². The van der Waals surface area contributed by atoms with Crippen LogP contribution in [0, 0.1) is 24.7 Å². The molecule has 0 saturated heterocycles. The van der Waals surface area contributed by atoms with Crippen molar-refractivity contribution in [2.24, 2.45) is 24.8 Å². The van der Waals surface area contributed by atoms with E-state index in [-0.39, 0.29) is 24.3 Å². The second-order valence-corrected chi connectivity index (χ2v) is 8.23. The maximum Gasteiger partial charge on any atom is 0.407 e. The zero-order valence-corrected chi connectivity index (χ0v) is 18.3. The van der Waals surface area contributed by atoms with E-state index in [1.165, 1.54) is 0 Å². The zero-order valence-electron chi connectivity index (χ0n) is 18.3. The Hall–Kier alpha value is -3.17. The Morgan fingerprint density at radius 2 is 2.10 bits per heavy atom. The molecule has 1 saturated carbocycles. The number of aromatic nitrogens is 4. The molecule has 1 aliphatic carbocycles. The third-order valence-electron chi connectivity index (χ3n) is 5.36. The molecular weight excluding hydrogens is 402 g/mol. The van der Waals surface area contributed by atoms with Gasteiger partial charge >= 0.3 is 12.1 Å². The number of nitrogens with zero attached hydrogens (tertiary/aromatic N) is 4. The molecule has 0 aliphatic heterocycles. The van der Waals surface area contributed by atoms with Crippen LogP contribution in [-0.2, 0) is 23.1 Å². The molecule has 0 spiro atoms. The van der Waals surface area contributed by atoms with Crippen LogP contribution in [0.2, 0.25) is 0 Å². The lowest BCUT2D eigenvalue weighted by atomic mass is 9.74. The van der Waals surface area contributed by atoms with Crippen LogP contribution in [0.1, 0.15) is 38.1 Å². The van der Waals surface area contributed by atoms with Gasteiger partial charge in [-0.1, -0.05) is 19.1 Å². The van der Waals surface area contributed by atoms with E-state index in [0.717, 1.165) is 6.42 Å². The van der Waals surface area contributed by atoms with Crippen molar-refractivity contribution < 1.29 is 24.2 Å². The first-order valence-corrected chi connectivity index (χ1v) is 10.4. The number of ether oxygens (including phenoxy) is 2. The number of carbonyl (C=O) groups is 2. The smallest absolute Gasteiger partial charge is 0.407 e. The molecule has 10 heteroatoms. The van der Waals surface area contributed by atoms with Crippen molar-refractivity contribution in [3.8, 4) is 17.1 Å². The van der Waals surface area contributed by atoms with Crippen molar-refractivity contribution in [1.29, 1.82) is 0 Å². The van der Waals surface area contributed by atoms with Gasteiger partial charge in [-0.2, -0.15) is 0 Å². The van der Waals surface area contributed by atoms with E-state index in [1.54, 1.807) is 23.9 Å². The molecule has 10 nitrogen and oxygen atoms in total. The number of hydrogen-bond acceptors (Lipinski definition) is 7. The molecule has 1 amide bonds. The summed E-state index contributed by atoms with van der Waals surface area (Å²) in [5.41, 5.74) is 2.54. The number of carboxylic acids is 1. The molecule has 168 valence electrons. The molecule has 1 fully saturated rings. The maximum atomic E-state index is 11.9. The molecular formula is C21H29N5O5. The first kappa shape index (κ1) is 22.5. The Balaban J connectivity index is 1.64.